The third-order valence-corrected chi connectivity index (χ3v) is 11.2. The summed E-state index contributed by atoms with van der Waals surface area (Å²) in [4.78, 5) is 10.2. The van der Waals surface area contributed by atoms with Gasteiger partial charge in [0.05, 0.1) is 39.0 Å². The van der Waals surface area contributed by atoms with E-state index in [2.05, 4.69) is 167 Å². The molecule has 12 rings (SSSR count). The van der Waals surface area contributed by atoms with Crippen molar-refractivity contribution < 1.29 is 0 Å². The van der Waals surface area contributed by atoms with Gasteiger partial charge in [-0.2, -0.15) is 0 Å². The Labute approximate surface area is 310 Å². The molecule has 8 aromatic carbocycles. The molecule has 0 radical (unpaired) electrons. The highest BCUT2D eigenvalue weighted by Crippen LogP contribution is 2.43. The highest BCUT2D eigenvalue weighted by molar-refractivity contribution is 6.26. The zero-order valence-corrected chi connectivity index (χ0v) is 29.1. The van der Waals surface area contributed by atoms with Gasteiger partial charge in [0.1, 0.15) is 0 Å². The van der Waals surface area contributed by atoms with E-state index in [1.54, 1.807) is 0 Å². The number of fused-ring (bicyclic) bond motifs is 10. The minimum Gasteiger partial charge on any atom is -0.309 e. The van der Waals surface area contributed by atoms with Crippen LogP contribution in [0.5, 0.6) is 0 Å². The average molecular weight is 687 g/mol. The topological polar surface area (TPSA) is 35.1 Å². The number of aromatic nitrogens is 4. The monoisotopic (exact) mass is 686 g/mol. The van der Waals surface area contributed by atoms with Crippen molar-refractivity contribution in [2.45, 2.75) is 0 Å². The van der Waals surface area contributed by atoms with Crippen LogP contribution in [0.3, 0.4) is 0 Å². The van der Waals surface area contributed by atoms with Gasteiger partial charge < -0.3 is 8.97 Å². The summed E-state index contributed by atoms with van der Waals surface area (Å²) in [6, 6.07) is 65.3. The standard InChI is InChI=1S/C50H30N4/c1-3-13-31(14-4-1)43-29-44(52-50(51-43)32-15-5-2-6-16-32)35-19-11-20-36(25-35)53-46-27-34-18-8-7-17-33(34)26-40(46)42-28-41-39-23-12-22-38-37-21-9-10-24-45(37)54(49(38)39)48(41)30-47(42)53/h1-30H. The number of hydrogen-bond donors (Lipinski definition) is 0. The van der Waals surface area contributed by atoms with Crippen molar-refractivity contribution in [3.8, 4) is 39.6 Å². The predicted molar refractivity (Wildman–Crippen MR) is 225 cm³/mol. The maximum absolute atomic E-state index is 5.18. The Balaban J connectivity index is 1.15. The van der Waals surface area contributed by atoms with Crippen molar-refractivity contribution >= 4 is 70.7 Å². The Morgan fingerprint density at radius 1 is 0.333 bits per heavy atom. The molecule has 4 aromatic heterocycles. The third kappa shape index (κ3) is 4.19. The Morgan fingerprint density at radius 2 is 0.907 bits per heavy atom. The lowest BCUT2D eigenvalue weighted by atomic mass is 10.0. The normalized spacial score (nSPS) is 12.1. The Hall–Kier alpha value is -7.30. The lowest BCUT2D eigenvalue weighted by Crippen LogP contribution is -1.98. The van der Waals surface area contributed by atoms with Gasteiger partial charge in [-0.15, -0.1) is 0 Å². The van der Waals surface area contributed by atoms with Gasteiger partial charge in [0.2, 0.25) is 0 Å². The van der Waals surface area contributed by atoms with Gasteiger partial charge in [0, 0.05) is 54.7 Å². The summed E-state index contributed by atoms with van der Waals surface area (Å²) in [7, 11) is 0. The molecule has 4 heteroatoms. The molecule has 4 nitrogen and oxygen atoms in total. The number of benzene rings is 8. The van der Waals surface area contributed by atoms with Crippen LogP contribution in [-0.4, -0.2) is 18.9 Å². The quantitative estimate of drug-likeness (QED) is 0.185. The maximum Gasteiger partial charge on any atom is 0.160 e. The largest absolute Gasteiger partial charge is 0.309 e. The number of hydrogen-bond acceptors (Lipinski definition) is 2. The zero-order chi connectivity index (χ0) is 35.3. The number of rotatable bonds is 4. The lowest BCUT2D eigenvalue weighted by Gasteiger charge is -2.12. The van der Waals surface area contributed by atoms with E-state index in [1.165, 1.54) is 70.7 Å². The SMILES string of the molecule is c1ccc(-c2cc(-c3cccc(-n4c5cc6ccccc6cc5c5cc6c7cccc8c9ccccc9n(c6cc54)c87)c3)nc(-c3ccccc3)n2)cc1. The van der Waals surface area contributed by atoms with Crippen molar-refractivity contribution in [2.75, 3.05) is 0 Å². The van der Waals surface area contributed by atoms with Crippen LogP contribution >= 0.6 is 0 Å². The van der Waals surface area contributed by atoms with Crippen LogP contribution in [0.2, 0.25) is 0 Å². The molecule has 0 fully saturated rings. The molecule has 0 atom stereocenters. The first kappa shape index (κ1) is 29.3. The highest BCUT2D eigenvalue weighted by atomic mass is 15.0. The molecule has 0 saturated heterocycles. The summed E-state index contributed by atoms with van der Waals surface area (Å²) >= 11 is 0. The first-order valence-corrected chi connectivity index (χ1v) is 18.4. The van der Waals surface area contributed by atoms with Gasteiger partial charge in [0.25, 0.3) is 0 Å². The van der Waals surface area contributed by atoms with Crippen molar-refractivity contribution in [2.24, 2.45) is 0 Å². The first-order valence-electron chi connectivity index (χ1n) is 18.4. The van der Waals surface area contributed by atoms with Gasteiger partial charge in [-0.05, 0) is 59.3 Å². The van der Waals surface area contributed by atoms with Crippen LogP contribution in [0.25, 0.3) is 110 Å². The summed E-state index contributed by atoms with van der Waals surface area (Å²) in [5, 5.41) is 10.1. The van der Waals surface area contributed by atoms with Crippen LogP contribution in [0, 0.1) is 0 Å². The van der Waals surface area contributed by atoms with E-state index in [1.807, 2.05) is 24.3 Å². The van der Waals surface area contributed by atoms with E-state index in [9.17, 15) is 0 Å². The molecule has 54 heavy (non-hydrogen) atoms. The van der Waals surface area contributed by atoms with Crippen molar-refractivity contribution in [1.82, 2.24) is 18.9 Å². The second-order valence-corrected chi connectivity index (χ2v) is 14.2. The maximum atomic E-state index is 5.18. The molecule has 0 N–H and O–H groups in total. The second kappa shape index (κ2) is 11.1. The fourth-order valence-electron chi connectivity index (χ4n) is 8.77. The molecule has 4 heterocycles. The predicted octanol–water partition coefficient (Wildman–Crippen LogP) is 12.9. The van der Waals surface area contributed by atoms with Crippen LogP contribution in [0.15, 0.2) is 182 Å². The molecule has 0 saturated carbocycles. The molecule has 0 aliphatic rings. The molecular weight excluding hydrogens is 657 g/mol. The smallest absolute Gasteiger partial charge is 0.160 e. The van der Waals surface area contributed by atoms with Gasteiger partial charge in [-0.1, -0.05) is 133 Å². The minimum absolute atomic E-state index is 0.709. The summed E-state index contributed by atoms with van der Waals surface area (Å²) < 4.78 is 4.92. The van der Waals surface area contributed by atoms with E-state index in [4.69, 9.17) is 9.97 Å². The van der Waals surface area contributed by atoms with Crippen molar-refractivity contribution in [3.05, 3.63) is 182 Å². The molecule has 12 aromatic rings. The summed E-state index contributed by atoms with van der Waals surface area (Å²) in [5.74, 6) is 0.709. The van der Waals surface area contributed by atoms with E-state index in [-0.39, 0.29) is 0 Å². The van der Waals surface area contributed by atoms with E-state index >= 15 is 0 Å². The van der Waals surface area contributed by atoms with Crippen LogP contribution in [0.1, 0.15) is 0 Å². The molecule has 0 aliphatic carbocycles. The van der Waals surface area contributed by atoms with E-state index in [0.717, 1.165) is 33.8 Å². The summed E-state index contributed by atoms with van der Waals surface area (Å²) in [5.41, 5.74) is 12.0. The molecule has 0 bridgehead atoms. The van der Waals surface area contributed by atoms with Crippen LogP contribution in [0.4, 0.5) is 0 Å². The second-order valence-electron chi connectivity index (χ2n) is 14.2. The first-order chi connectivity index (χ1) is 26.8. The molecule has 250 valence electrons. The number of nitrogens with zero attached hydrogens (tertiary/aromatic N) is 4. The molecular formula is C50H30N4. The minimum atomic E-state index is 0.709. The Kier molecular flexibility index (Phi) is 6.02. The fraction of sp³-hybridized carbons (Fsp3) is 0. The third-order valence-electron chi connectivity index (χ3n) is 11.2. The van der Waals surface area contributed by atoms with Crippen molar-refractivity contribution in [3.63, 3.8) is 0 Å². The van der Waals surface area contributed by atoms with Crippen LogP contribution < -0.4 is 0 Å². The van der Waals surface area contributed by atoms with E-state index < -0.39 is 0 Å². The van der Waals surface area contributed by atoms with Gasteiger partial charge in [0.15, 0.2) is 5.82 Å². The van der Waals surface area contributed by atoms with Gasteiger partial charge in [-0.25, -0.2) is 9.97 Å². The average Bonchev–Trinajstić information content (AvgIpc) is 3.87. The van der Waals surface area contributed by atoms with Gasteiger partial charge in [-0.3, -0.25) is 0 Å². The highest BCUT2D eigenvalue weighted by Gasteiger charge is 2.21. The molecule has 0 unspecified atom stereocenters. The fourth-order valence-corrected chi connectivity index (χ4v) is 8.77. The molecule has 0 spiro atoms. The van der Waals surface area contributed by atoms with Crippen LogP contribution in [-0.2, 0) is 0 Å². The Morgan fingerprint density at radius 3 is 1.72 bits per heavy atom. The van der Waals surface area contributed by atoms with Gasteiger partial charge >= 0.3 is 0 Å². The summed E-state index contributed by atoms with van der Waals surface area (Å²) in [6.45, 7) is 0. The zero-order valence-electron chi connectivity index (χ0n) is 29.1. The Bertz CT molecular complexity index is 3370. The number of para-hydroxylation sites is 2. The molecule has 0 amide bonds. The lowest BCUT2D eigenvalue weighted by molar-refractivity contribution is 1.16. The van der Waals surface area contributed by atoms with Crippen molar-refractivity contribution in [1.29, 1.82) is 0 Å². The summed E-state index contributed by atoms with van der Waals surface area (Å²) in [6.07, 6.45) is 0. The molecule has 0 aliphatic heterocycles. The van der Waals surface area contributed by atoms with E-state index in [0.29, 0.717) is 5.82 Å².